The minimum Gasteiger partial charge on any atom is -0.494 e. The Morgan fingerprint density at radius 1 is 1.42 bits per heavy atom. The van der Waals surface area contributed by atoms with Crippen molar-refractivity contribution in [2.45, 2.75) is 38.3 Å². The van der Waals surface area contributed by atoms with Gasteiger partial charge in [0.1, 0.15) is 11.9 Å². The second-order valence-electron chi connectivity index (χ2n) is 5.70. The Morgan fingerprint density at radius 2 is 2.21 bits per heavy atom. The molecule has 0 bridgehead atoms. The molecule has 5 nitrogen and oxygen atoms in total. The third-order valence-electron chi connectivity index (χ3n) is 3.71. The minimum absolute atomic E-state index is 0.148. The van der Waals surface area contributed by atoms with E-state index < -0.39 is 11.9 Å². The second kappa shape index (κ2) is 8.49. The number of aliphatic hydroxyl groups is 1. The molecule has 0 aliphatic carbocycles. The number of nitrogens with one attached hydrogen (secondary N) is 1. The topological polar surface area (TPSA) is 71.7 Å². The van der Waals surface area contributed by atoms with Crippen LogP contribution in [0.25, 0.3) is 0 Å². The van der Waals surface area contributed by atoms with Gasteiger partial charge in [-0.05, 0) is 43.2 Å². The molecule has 0 aliphatic rings. The van der Waals surface area contributed by atoms with Crippen LogP contribution in [0.5, 0.6) is 5.75 Å². The molecule has 0 fully saturated rings. The largest absolute Gasteiger partial charge is 0.494 e. The third kappa shape index (κ3) is 5.09. The average Bonchev–Trinajstić information content (AvgIpc) is 3.07. The van der Waals surface area contributed by atoms with Crippen LogP contribution < -0.4 is 10.1 Å². The molecule has 0 radical (unpaired) electrons. The highest BCUT2D eigenvalue weighted by atomic mass is 19.1. The van der Waals surface area contributed by atoms with Crippen LogP contribution in [0, 0.1) is 5.82 Å². The molecule has 1 amide bonds. The number of carbonyl (C=O) groups is 1. The Balaban J connectivity index is 1.77. The van der Waals surface area contributed by atoms with E-state index >= 15 is 0 Å². The summed E-state index contributed by atoms with van der Waals surface area (Å²) < 4.78 is 23.6. The first kappa shape index (κ1) is 18.0. The maximum atomic E-state index is 13.6. The fraction of sp³-hybridized carbons (Fsp3) is 0.389. The van der Waals surface area contributed by atoms with Crippen molar-refractivity contribution < 1.29 is 23.4 Å². The number of hydrogen-bond acceptors (Lipinski definition) is 4. The van der Waals surface area contributed by atoms with Gasteiger partial charge in [0.2, 0.25) is 5.91 Å². The van der Waals surface area contributed by atoms with Crippen molar-refractivity contribution >= 4 is 5.91 Å². The second-order valence-corrected chi connectivity index (χ2v) is 5.70. The summed E-state index contributed by atoms with van der Waals surface area (Å²) in [5.41, 5.74) is 0.728. The highest BCUT2D eigenvalue weighted by molar-refractivity contribution is 5.76. The minimum atomic E-state index is -0.758. The van der Waals surface area contributed by atoms with Gasteiger partial charge in [0.05, 0.1) is 13.4 Å². The highest BCUT2D eigenvalue weighted by Crippen LogP contribution is 2.19. The van der Waals surface area contributed by atoms with E-state index in [0.29, 0.717) is 18.6 Å². The smallest absolute Gasteiger partial charge is 0.220 e. The summed E-state index contributed by atoms with van der Waals surface area (Å²) in [6.07, 6.45) is 1.77. The summed E-state index contributed by atoms with van der Waals surface area (Å²) >= 11 is 0. The van der Waals surface area contributed by atoms with Gasteiger partial charge >= 0.3 is 0 Å². The lowest BCUT2D eigenvalue weighted by Gasteiger charge is -2.16. The summed E-state index contributed by atoms with van der Waals surface area (Å²) in [6.45, 7) is 1.82. The maximum Gasteiger partial charge on any atom is 0.220 e. The van der Waals surface area contributed by atoms with Crippen LogP contribution >= 0.6 is 0 Å². The Bertz CT molecular complexity index is 657. The number of methoxy groups -OCH3 is 1. The normalized spacial score (nSPS) is 13.3. The lowest BCUT2D eigenvalue weighted by atomic mass is 10.1. The molecule has 1 aromatic carbocycles. The molecule has 0 aliphatic heterocycles. The fourth-order valence-corrected chi connectivity index (χ4v) is 2.46. The van der Waals surface area contributed by atoms with Crippen LogP contribution in [0.4, 0.5) is 4.39 Å². The maximum absolute atomic E-state index is 13.6. The summed E-state index contributed by atoms with van der Waals surface area (Å²) in [5.74, 6) is 0.0734. The number of carbonyl (C=O) groups excluding carboxylic acids is 1. The van der Waals surface area contributed by atoms with Crippen molar-refractivity contribution in [3.05, 3.63) is 53.7 Å². The van der Waals surface area contributed by atoms with Crippen molar-refractivity contribution in [2.24, 2.45) is 0 Å². The number of ether oxygens (including phenoxy) is 1. The van der Waals surface area contributed by atoms with Gasteiger partial charge in [-0.1, -0.05) is 6.07 Å². The van der Waals surface area contributed by atoms with Gasteiger partial charge < -0.3 is 19.6 Å². The number of benzene rings is 1. The van der Waals surface area contributed by atoms with Crippen LogP contribution in [0.3, 0.4) is 0 Å². The number of aryl methyl sites for hydroxylation is 1. The first-order valence-electron chi connectivity index (χ1n) is 7.83. The number of rotatable bonds is 8. The fourth-order valence-electron chi connectivity index (χ4n) is 2.46. The Kier molecular flexibility index (Phi) is 6.37. The number of hydrogen-bond donors (Lipinski definition) is 2. The van der Waals surface area contributed by atoms with Crippen LogP contribution in [-0.2, 0) is 11.2 Å². The van der Waals surface area contributed by atoms with Crippen LogP contribution in [-0.4, -0.2) is 24.2 Å². The highest BCUT2D eigenvalue weighted by Gasteiger charge is 2.16. The lowest BCUT2D eigenvalue weighted by Crippen LogP contribution is -2.33. The van der Waals surface area contributed by atoms with Crippen molar-refractivity contribution in [3.63, 3.8) is 0 Å². The molecule has 2 atom stereocenters. The van der Waals surface area contributed by atoms with Crippen molar-refractivity contribution in [1.29, 1.82) is 0 Å². The SMILES string of the molecule is COc1ccc(CCC(=O)NC(C)CC(O)c2ccco2)cc1F. The molecule has 0 spiro atoms. The molecule has 2 rings (SSSR count). The zero-order chi connectivity index (χ0) is 17.5. The molecule has 0 saturated carbocycles. The van der Waals surface area contributed by atoms with E-state index in [1.165, 1.54) is 19.4 Å². The molecule has 6 heteroatoms. The standard InChI is InChI=1S/C18H22FNO4/c1-12(10-15(21)17-4-3-9-24-17)20-18(22)8-6-13-5-7-16(23-2)14(19)11-13/h3-5,7,9,11-12,15,21H,6,8,10H2,1-2H3,(H,20,22). The Morgan fingerprint density at radius 3 is 2.83 bits per heavy atom. The van der Waals surface area contributed by atoms with Gasteiger partial charge in [-0.3, -0.25) is 4.79 Å². The monoisotopic (exact) mass is 335 g/mol. The molecule has 1 aromatic heterocycles. The van der Waals surface area contributed by atoms with E-state index in [4.69, 9.17) is 9.15 Å². The number of furan rings is 1. The summed E-state index contributed by atoms with van der Waals surface area (Å²) in [7, 11) is 1.41. The number of amides is 1. The summed E-state index contributed by atoms with van der Waals surface area (Å²) in [6, 6.07) is 7.85. The van der Waals surface area contributed by atoms with Gasteiger partial charge in [0, 0.05) is 18.9 Å². The van der Waals surface area contributed by atoms with E-state index in [2.05, 4.69) is 5.32 Å². The van der Waals surface area contributed by atoms with Gasteiger partial charge in [-0.15, -0.1) is 0 Å². The molecule has 2 unspecified atom stereocenters. The first-order chi connectivity index (χ1) is 11.5. The van der Waals surface area contributed by atoms with E-state index in [9.17, 15) is 14.3 Å². The zero-order valence-corrected chi connectivity index (χ0v) is 13.8. The molecule has 24 heavy (non-hydrogen) atoms. The number of aliphatic hydroxyl groups excluding tert-OH is 1. The van der Waals surface area contributed by atoms with Crippen LogP contribution in [0.1, 0.15) is 37.2 Å². The van der Waals surface area contributed by atoms with Gasteiger partial charge in [0.25, 0.3) is 0 Å². The Labute approximate surface area is 140 Å². The van der Waals surface area contributed by atoms with Crippen LogP contribution in [0.15, 0.2) is 41.0 Å². The molecular weight excluding hydrogens is 313 g/mol. The first-order valence-corrected chi connectivity index (χ1v) is 7.83. The van der Waals surface area contributed by atoms with Gasteiger partial charge in [-0.25, -0.2) is 4.39 Å². The van der Waals surface area contributed by atoms with Crippen LogP contribution in [0.2, 0.25) is 0 Å². The van der Waals surface area contributed by atoms with E-state index in [0.717, 1.165) is 5.56 Å². The lowest BCUT2D eigenvalue weighted by molar-refractivity contribution is -0.121. The number of halogens is 1. The van der Waals surface area contributed by atoms with Crippen molar-refractivity contribution in [1.82, 2.24) is 5.32 Å². The summed E-state index contributed by atoms with van der Waals surface area (Å²) in [4.78, 5) is 12.0. The Hall–Kier alpha value is -2.34. The molecular formula is C18H22FNO4. The third-order valence-corrected chi connectivity index (χ3v) is 3.71. The molecule has 2 aromatic rings. The summed E-state index contributed by atoms with van der Waals surface area (Å²) in [5, 5.41) is 12.8. The molecule has 0 saturated heterocycles. The van der Waals surface area contributed by atoms with Crippen molar-refractivity contribution in [3.8, 4) is 5.75 Å². The molecule has 2 N–H and O–H groups in total. The van der Waals surface area contributed by atoms with Gasteiger partial charge in [0.15, 0.2) is 11.6 Å². The quantitative estimate of drug-likeness (QED) is 0.778. The zero-order valence-electron chi connectivity index (χ0n) is 13.8. The average molecular weight is 335 g/mol. The predicted octanol–water partition coefficient (Wildman–Crippen LogP) is 2.99. The predicted molar refractivity (Wildman–Crippen MR) is 87.2 cm³/mol. The van der Waals surface area contributed by atoms with Gasteiger partial charge in [-0.2, -0.15) is 0 Å². The van der Waals surface area contributed by atoms with E-state index in [1.54, 1.807) is 24.3 Å². The van der Waals surface area contributed by atoms with E-state index in [1.807, 2.05) is 6.92 Å². The molecule has 1 heterocycles. The van der Waals surface area contributed by atoms with Crippen molar-refractivity contribution in [2.75, 3.05) is 7.11 Å². The van der Waals surface area contributed by atoms with E-state index in [-0.39, 0.29) is 24.1 Å². The molecule has 130 valence electrons.